The van der Waals surface area contributed by atoms with Crippen molar-refractivity contribution in [1.82, 2.24) is 20.2 Å². The molecule has 0 amide bonds. The third kappa shape index (κ3) is 4.54. The van der Waals surface area contributed by atoms with Gasteiger partial charge in [-0.05, 0) is 23.3 Å². The second-order valence-corrected chi connectivity index (χ2v) is 5.35. The summed E-state index contributed by atoms with van der Waals surface area (Å²) in [5.41, 5.74) is 2.36. The molecule has 0 aromatic carbocycles. The lowest BCUT2D eigenvalue weighted by Gasteiger charge is -2.36. The molecule has 1 unspecified atom stereocenters. The van der Waals surface area contributed by atoms with Gasteiger partial charge in [0.25, 0.3) is 0 Å². The predicted octanol–water partition coefficient (Wildman–Crippen LogP) is 3.12. The van der Waals surface area contributed by atoms with Crippen molar-refractivity contribution in [2.45, 2.75) is 12.6 Å². The molecule has 1 saturated heterocycles. The van der Waals surface area contributed by atoms with Gasteiger partial charge in [-0.2, -0.15) is 0 Å². The molecule has 1 fully saturated rings. The molecule has 0 saturated carbocycles. The molecule has 3 rings (SSSR count). The SMILES string of the molecule is Cl.Cl.Clc1cnccc1CN1CCNCC1c1cccnc1. The Morgan fingerprint density at radius 1 is 1.18 bits per heavy atom. The Kier molecular flexibility index (Phi) is 8.07. The molecule has 0 radical (unpaired) electrons. The molecule has 1 aliphatic rings. The molecule has 2 aromatic heterocycles. The van der Waals surface area contributed by atoms with Crippen LogP contribution in [0.5, 0.6) is 0 Å². The van der Waals surface area contributed by atoms with Gasteiger partial charge < -0.3 is 5.32 Å². The van der Waals surface area contributed by atoms with E-state index in [0.717, 1.165) is 36.8 Å². The molecule has 3 heterocycles. The van der Waals surface area contributed by atoms with E-state index in [1.54, 1.807) is 12.4 Å². The van der Waals surface area contributed by atoms with Crippen LogP contribution in [0.1, 0.15) is 17.2 Å². The number of hydrogen-bond acceptors (Lipinski definition) is 4. The van der Waals surface area contributed by atoms with E-state index in [2.05, 4.69) is 26.3 Å². The van der Waals surface area contributed by atoms with Crippen LogP contribution in [0.25, 0.3) is 0 Å². The van der Waals surface area contributed by atoms with Crippen LogP contribution < -0.4 is 5.32 Å². The summed E-state index contributed by atoms with van der Waals surface area (Å²) in [6.07, 6.45) is 7.25. The van der Waals surface area contributed by atoms with Crippen molar-refractivity contribution in [3.8, 4) is 0 Å². The summed E-state index contributed by atoms with van der Waals surface area (Å²) in [5.74, 6) is 0. The Morgan fingerprint density at radius 2 is 2.00 bits per heavy atom. The highest BCUT2D eigenvalue weighted by molar-refractivity contribution is 6.31. The second kappa shape index (κ2) is 9.28. The summed E-state index contributed by atoms with van der Waals surface area (Å²) in [6, 6.07) is 6.44. The number of nitrogens with zero attached hydrogens (tertiary/aromatic N) is 3. The first-order chi connectivity index (χ1) is 9.84. The Bertz CT molecular complexity index is 568. The van der Waals surface area contributed by atoms with Crippen molar-refractivity contribution < 1.29 is 0 Å². The van der Waals surface area contributed by atoms with Gasteiger partial charge in [0.2, 0.25) is 0 Å². The van der Waals surface area contributed by atoms with Gasteiger partial charge >= 0.3 is 0 Å². The quantitative estimate of drug-likeness (QED) is 0.912. The molecule has 0 aliphatic carbocycles. The molecule has 22 heavy (non-hydrogen) atoms. The molecule has 1 atom stereocenters. The Balaban J connectivity index is 0.00000121. The second-order valence-electron chi connectivity index (χ2n) is 4.94. The fourth-order valence-corrected chi connectivity index (χ4v) is 2.77. The van der Waals surface area contributed by atoms with Crippen molar-refractivity contribution in [1.29, 1.82) is 0 Å². The Labute approximate surface area is 148 Å². The fourth-order valence-electron chi connectivity index (χ4n) is 2.59. The highest BCUT2D eigenvalue weighted by atomic mass is 35.5. The highest BCUT2D eigenvalue weighted by Gasteiger charge is 2.24. The number of nitrogens with one attached hydrogen (secondary N) is 1. The molecule has 1 N–H and O–H groups in total. The first-order valence-electron chi connectivity index (χ1n) is 6.77. The van der Waals surface area contributed by atoms with E-state index in [1.165, 1.54) is 5.56 Å². The first kappa shape index (κ1) is 19.1. The van der Waals surface area contributed by atoms with Crippen LogP contribution in [0, 0.1) is 0 Å². The van der Waals surface area contributed by atoms with Crippen molar-refractivity contribution in [2.75, 3.05) is 19.6 Å². The van der Waals surface area contributed by atoms with Crippen LogP contribution in [0.4, 0.5) is 0 Å². The van der Waals surface area contributed by atoms with Gasteiger partial charge in [0.15, 0.2) is 0 Å². The number of pyridine rings is 2. The molecule has 2 aromatic rings. The van der Waals surface area contributed by atoms with E-state index >= 15 is 0 Å². The zero-order valence-electron chi connectivity index (χ0n) is 12.0. The van der Waals surface area contributed by atoms with E-state index in [-0.39, 0.29) is 24.8 Å². The summed E-state index contributed by atoms with van der Waals surface area (Å²) in [5, 5.41) is 4.18. The Hall–Kier alpha value is -0.910. The van der Waals surface area contributed by atoms with E-state index in [1.807, 2.05) is 24.5 Å². The molecule has 4 nitrogen and oxygen atoms in total. The smallest absolute Gasteiger partial charge is 0.0634 e. The lowest BCUT2D eigenvalue weighted by molar-refractivity contribution is 0.153. The Morgan fingerprint density at radius 3 is 2.73 bits per heavy atom. The van der Waals surface area contributed by atoms with Crippen LogP contribution in [0.3, 0.4) is 0 Å². The van der Waals surface area contributed by atoms with Gasteiger partial charge in [-0.1, -0.05) is 17.7 Å². The summed E-state index contributed by atoms with van der Waals surface area (Å²) in [7, 11) is 0. The van der Waals surface area contributed by atoms with Gasteiger partial charge in [-0.3, -0.25) is 14.9 Å². The van der Waals surface area contributed by atoms with Crippen LogP contribution in [-0.2, 0) is 6.54 Å². The zero-order valence-corrected chi connectivity index (χ0v) is 14.4. The van der Waals surface area contributed by atoms with Crippen molar-refractivity contribution >= 4 is 36.4 Å². The monoisotopic (exact) mass is 360 g/mol. The molecular formula is C15H19Cl3N4. The van der Waals surface area contributed by atoms with E-state index < -0.39 is 0 Å². The van der Waals surface area contributed by atoms with E-state index in [9.17, 15) is 0 Å². The molecule has 0 bridgehead atoms. The zero-order chi connectivity index (χ0) is 13.8. The number of piperazine rings is 1. The third-order valence-electron chi connectivity index (χ3n) is 3.65. The van der Waals surface area contributed by atoms with Crippen molar-refractivity contribution in [3.05, 3.63) is 59.1 Å². The van der Waals surface area contributed by atoms with E-state index in [4.69, 9.17) is 11.6 Å². The number of aromatic nitrogens is 2. The minimum Gasteiger partial charge on any atom is -0.314 e. The van der Waals surface area contributed by atoms with Crippen molar-refractivity contribution in [2.24, 2.45) is 0 Å². The van der Waals surface area contributed by atoms with Crippen LogP contribution in [0.15, 0.2) is 43.0 Å². The highest BCUT2D eigenvalue weighted by Crippen LogP contribution is 2.25. The van der Waals surface area contributed by atoms with Gasteiger partial charge in [-0.15, -0.1) is 24.8 Å². The lowest BCUT2D eigenvalue weighted by Crippen LogP contribution is -2.45. The number of rotatable bonds is 3. The number of hydrogen-bond donors (Lipinski definition) is 1. The van der Waals surface area contributed by atoms with Crippen LogP contribution >= 0.6 is 36.4 Å². The molecule has 7 heteroatoms. The minimum absolute atomic E-state index is 0. The van der Waals surface area contributed by atoms with Crippen molar-refractivity contribution in [3.63, 3.8) is 0 Å². The normalized spacial score (nSPS) is 18.1. The number of halogens is 3. The van der Waals surface area contributed by atoms with Gasteiger partial charge in [0.1, 0.15) is 0 Å². The maximum Gasteiger partial charge on any atom is 0.0634 e. The summed E-state index contributed by atoms with van der Waals surface area (Å²) < 4.78 is 0. The summed E-state index contributed by atoms with van der Waals surface area (Å²) in [6.45, 7) is 3.77. The molecule has 120 valence electrons. The molecule has 1 aliphatic heterocycles. The van der Waals surface area contributed by atoms with Gasteiger partial charge in [-0.25, -0.2) is 0 Å². The predicted molar refractivity (Wildman–Crippen MR) is 94.0 cm³/mol. The fraction of sp³-hybridized carbons (Fsp3) is 0.333. The van der Waals surface area contributed by atoms with Gasteiger partial charge in [0.05, 0.1) is 5.02 Å². The molecule has 0 spiro atoms. The first-order valence-corrected chi connectivity index (χ1v) is 7.15. The van der Waals surface area contributed by atoms with Gasteiger partial charge in [0, 0.05) is 57.0 Å². The van der Waals surface area contributed by atoms with Crippen LogP contribution in [0.2, 0.25) is 5.02 Å². The lowest BCUT2D eigenvalue weighted by atomic mass is 10.0. The summed E-state index contributed by atoms with van der Waals surface area (Å²) >= 11 is 6.22. The molecular weight excluding hydrogens is 343 g/mol. The van der Waals surface area contributed by atoms with E-state index in [0.29, 0.717) is 6.04 Å². The largest absolute Gasteiger partial charge is 0.314 e. The maximum absolute atomic E-state index is 6.22. The standard InChI is InChI=1S/C15H17ClN4.2ClH/c16-14-9-18-5-3-13(14)11-20-7-6-19-10-15(20)12-2-1-4-17-8-12;;/h1-5,8-9,15,19H,6-7,10-11H2;2*1H. The minimum atomic E-state index is 0. The topological polar surface area (TPSA) is 41.1 Å². The average molecular weight is 362 g/mol. The third-order valence-corrected chi connectivity index (χ3v) is 3.99. The van der Waals surface area contributed by atoms with Crippen LogP contribution in [-0.4, -0.2) is 34.5 Å². The maximum atomic E-state index is 6.22. The summed E-state index contributed by atoms with van der Waals surface area (Å²) in [4.78, 5) is 10.7. The average Bonchev–Trinajstić information content (AvgIpc) is 2.51.